The van der Waals surface area contributed by atoms with Crippen LogP contribution in [0.4, 0.5) is 11.4 Å². The Bertz CT molecular complexity index is 920. The SMILES string of the molecule is Cc1[nH]n(-c2ccccc2)c(=O)c1N=Nc1ccc(SOOO)cc1. The fourth-order valence-electron chi connectivity index (χ4n) is 2.14. The van der Waals surface area contributed by atoms with Gasteiger partial charge in [0.15, 0.2) is 5.69 Å². The van der Waals surface area contributed by atoms with Crippen molar-refractivity contribution in [3.63, 3.8) is 0 Å². The first-order valence-corrected chi connectivity index (χ1v) is 7.97. The molecule has 0 atom stereocenters. The summed E-state index contributed by atoms with van der Waals surface area (Å²) in [5, 5.41) is 22.8. The minimum Gasteiger partial charge on any atom is -0.293 e. The molecule has 0 saturated heterocycles. The van der Waals surface area contributed by atoms with Crippen LogP contribution in [0, 0.1) is 6.92 Å². The number of H-pyrrole nitrogens is 1. The van der Waals surface area contributed by atoms with E-state index >= 15 is 0 Å². The molecule has 9 heteroatoms. The summed E-state index contributed by atoms with van der Waals surface area (Å²) < 4.78 is 5.76. The van der Waals surface area contributed by atoms with E-state index in [1.165, 1.54) is 4.68 Å². The Morgan fingerprint density at radius 3 is 2.48 bits per heavy atom. The smallest absolute Gasteiger partial charge is 0.293 e. The molecule has 0 amide bonds. The zero-order valence-electron chi connectivity index (χ0n) is 13.1. The second-order valence-electron chi connectivity index (χ2n) is 4.98. The van der Waals surface area contributed by atoms with Gasteiger partial charge in [-0.1, -0.05) is 23.2 Å². The molecule has 0 fully saturated rings. The maximum atomic E-state index is 12.5. The molecule has 3 rings (SSSR count). The minimum absolute atomic E-state index is 0.249. The second kappa shape index (κ2) is 7.90. The molecule has 3 aromatic rings. The molecule has 0 aliphatic carbocycles. The molecule has 0 saturated carbocycles. The highest BCUT2D eigenvalue weighted by Gasteiger charge is 2.11. The highest BCUT2D eigenvalue weighted by molar-refractivity contribution is 7.94. The van der Waals surface area contributed by atoms with Crippen LogP contribution in [0.3, 0.4) is 0 Å². The van der Waals surface area contributed by atoms with Gasteiger partial charge in [0.2, 0.25) is 0 Å². The molecule has 0 bridgehead atoms. The van der Waals surface area contributed by atoms with Crippen LogP contribution < -0.4 is 5.56 Å². The highest BCUT2D eigenvalue weighted by atomic mass is 32.2. The lowest BCUT2D eigenvalue weighted by Gasteiger charge is -1.99. The highest BCUT2D eigenvalue weighted by Crippen LogP contribution is 2.24. The summed E-state index contributed by atoms with van der Waals surface area (Å²) in [4.78, 5) is 13.2. The van der Waals surface area contributed by atoms with Crippen LogP contribution in [0.2, 0.25) is 0 Å². The van der Waals surface area contributed by atoms with E-state index in [2.05, 4.69) is 24.7 Å². The molecular formula is C16H14N4O4S. The Morgan fingerprint density at radius 2 is 1.80 bits per heavy atom. The predicted octanol–water partition coefficient (Wildman–Crippen LogP) is 4.32. The van der Waals surface area contributed by atoms with Crippen molar-refractivity contribution in [3.8, 4) is 5.69 Å². The maximum absolute atomic E-state index is 12.5. The Balaban J connectivity index is 1.82. The van der Waals surface area contributed by atoms with Gasteiger partial charge in [-0.25, -0.2) is 9.94 Å². The average Bonchev–Trinajstić information content (AvgIpc) is 2.94. The summed E-state index contributed by atoms with van der Waals surface area (Å²) in [6.45, 7) is 1.77. The van der Waals surface area contributed by atoms with Gasteiger partial charge in [0, 0.05) is 4.90 Å². The number of nitrogens with zero attached hydrogens (tertiary/aromatic N) is 3. The van der Waals surface area contributed by atoms with Gasteiger partial charge >= 0.3 is 0 Å². The van der Waals surface area contributed by atoms with E-state index in [0.717, 1.165) is 17.7 Å². The van der Waals surface area contributed by atoms with Gasteiger partial charge in [0.05, 0.1) is 29.1 Å². The normalized spacial score (nSPS) is 11.3. The molecule has 2 aromatic carbocycles. The lowest BCUT2D eigenvalue weighted by Crippen LogP contribution is -2.13. The van der Waals surface area contributed by atoms with Crippen LogP contribution in [0.1, 0.15) is 5.69 Å². The Labute approximate surface area is 146 Å². The van der Waals surface area contributed by atoms with Gasteiger partial charge < -0.3 is 0 Å². The molecule has 0 spiro atoms. The largest absolute Gasteiger partial charge is 0.299 e. The summed E-state index contributed by atoms with van der Waals surface area (Å²) in [5.41, 5.74) is 1.90. The van der Waals surface area contributed by atoms with Gasteiger partial charge in [-0.05, 0) is 43.3 Å². The number of para-hydroxylation sites is 1. The van der Waals surface area contributed by atoms with Crippen LogP contribution in [0.15, 0.2) is 74.5 Å². The number of aromatic nitrogens is 2. The third-order valence-corrected chi connectivity index (χ3v) is 3.91. The molecule has 1 heterocycles. The third kappa shape index (κ3) is 4.03. The van der Waals surface area contributed by atoms with Crippen molar-refractivity contribution in [3.05, 3.63) is 70.6 Å². The lowest BCUT2D eigenvalue weighted by atomic mass is 10.3. The fraction of sp³-hybridized carbons (Fsp3) is 0.0625. The summed E-state index contributed by atoms with van der Waals surface area (Å²) in [6, 6.07) is 16.1. The first-order valence-electron chi connectivity index (χ1n) is 7.22. The molecule has 25 heavy (non-hydrogen) atoms. The van der Waals surface area contributed by atoms with E-state index in [-0.39, 0.29) is 11.2 Å². The number of hydrogen-bond donors (Lipinski definition) is 2. The standard InChI is InChI=1S/C16H14N4O4S/c1-11-15(16(21)20(19-11)13-5-3-2-4-6-13)18-17-12-7-9-14(10-8-12)25-24-23-22/h2-10,19,22H,1H3. The Hall–Kier alpha value is -2.72. The Kier molecular flexibility index (Phi) is 5.41. The average molecular weight is 358 g/mol. The summed E-state index contributed by atoms with van der Waals surface area (Å²) in [5.74, 6) is 0. The molecule has 1 aromatic heterocycles. The zero-order valence-corrected chi connectivity index (χ0v) is 13.9. The maximum Gasteiger partial charge on any atom is 0.299 e. The molecular weight excluding hydrogens is 344 g/mol. The molecule has 128 valence electrons. The third-order valence-electron chi connectivity index (χ3n) is 3.32. The van der Waals surface area contributed by atoms with E-state index in [0.29, 0.717) is 16.3 Å². The van der Waals surface area contributed by atoms with Gasteiger partial charge in [0.1, 0.15) is 0 Å². The van der Waals surface area contributed by atoms with Crippen molar-refractivity contribution >= 4 is 23.4 Å². The molecule has 2 N–H and O–H groups in total. The van der Waals surface area contributed by atoms with E-state index in [1.807, 2.05) is 30.3 Å². The number of aromatic amines is 1. The number of rotatable bonds is 6. The number of azo groups is 1. The predicted molar refractivity (Wildman–Crippen MR) is 92.4 cm³/mol. The summed E-state index contributed by atoms with van der Waals surface area (Å²) in [7, 11) is 0. The topological polar surface area (TPSA) is 101 Å². The van der Waals surface area contributed by atoms with Crippen molar-refractivity contribution in [1.82, 2.24) is 9.78 Å². The van der Waals surface area contributed by atoms with Crippen LogP contribution >= 0.6 is 12.0 Å². The fourth-order valence-corrected chi connectivity index (χ4v) is 2.50. The molecule has 0 unspecified atom stereocenters. The van der Waals surface area contributed by atoms with Crippen LogP contribution in [-0.2, 0) is 9.37 Å². The van der Waals surface area contributed by atoms with E-state index in [4.69, 9.17) is 5.26 Å². The van der Waals surface area contributed by atoms with Gasteiger partial charge in [0.25, 0.3) is 5.56 Å². The van der Waals surface area contributed by atoms with Crippen LogP contribution in [0.25, 0.3) is 5.69 Å². The van der Waals surface area contributed by atoms with Crippen LogP contribution in [0.5, 0.6) is 0 Å². The molecule has 0 aliphatic heterocycles. The monoisotopic (exact) mass is 358 g/mol. The van der Waals surface area contributed by atoms with Crippen molar-refractivity contribution in [2.45, 2.75) is 11.8 Å². The molecule has 0 radical (unpaired) electrons. The molecule has 0 aliphatic rings. The Morgan fingerprint density at radius 1 is 1.08 bits per heavy atom. The van der Waals surface area contributed by atoms with E-state index in [1.54, 1.807) is 31.2 Å². The number of benzene rings is 2. The first kappa shape index (κ1) is 17.1. The van der Waals surface area contributed by atoms with Crippen molar-refractivity contribution < 1.29 is 14.6 Å². The van der Waals surface area contributed by atoms with E-state index < -0.39 is 0 Å². The lowest BCUT2D eigenvalue weighted by molar-refractivity contribution is -0.432. The molecule has 8 nitrogen and oxygen atoms in total. The van der Waals surface area contributed by atoms with Crippen molar-refractivity contribution in [1.29, 1.82) is 0 Å². The quantitative estimate of drug-likeness (QED) is 0.296. The first-order chi connectivity index (χ1) is 12.2. The summed E-state index contributed by atoms with van der Waals surface area (Å²) >= 11 is 0.847. The summed E-state index contributed by atoms with van der Waals surface area (Å²) in [6.07, 6.45) is 0. The van der Waals surface area contributed by atoms with Gasteiger partial charge in [-0.3, -0.25) is 9.89 Å². The minimum atomic E-state index is -0.270. The zero-order chi connectivity index (χ0) is 17.6. The number of hydrogen-bond acceptors (Lipinski definition) is 7. The van der Waals surface area contributed by atoms with Crippen molar-refractivity contribution in [2.75, 3.05) is 0 Å². The van der Waals surface area contributed by atoms with E-state index in [9.17, 15) is 4.79 Å². The van der Waals surface area contributed by atoms with Crippen LogP contribution in [-0.4, -0.2) is 15.0 Å². The second-order valence-corrected chi connectivity index (χ2v) is 5.76. The van der Waals surface area contributed by atoms with Gasteiger partial charge in [-0.2, -0.15) is 5.11 Å². The number of nitrogens with one attached hydrogen (secondary N) is 1. The van der Waals surface area contributed by atoms with Gasteiger partial charge in [-0.15, -0.1) is 9.45 Å². The van der Waals surface area contributed by atoms with Crippen molar-refractivity contribution in [2.24, 2.45) is 10.2 Å². The number of aryl methyl sites for hydroxylation is 1.